The van der Waals surface area contributed by atoms with Crippen molar-refractivity contribution in [1.29, 1.82) is 0 Å². The van der Waals surface area contributed by atoms with Crippen molar-refractivity contribution in [1.82, 2.24) is 20.2 Å². The van der Waals surface area contributed by atoms with Crippen LogP contribution in [0.2, 0.25) is 10.0 Å². The molecule has 12 heteroatoms. The van der Waals surface area contributed by atoms with Crippen LogP contribution in [0, 0.1) is 11.7 Å². The highest BCUT2D eigenvalue weighted by atomic mass is 35.5. The Kier molecular flexibility index (Phi) is 9.07. The number of aromatic amines is 1. The second-order valence-corrected chi connectivity index (χ2v) is 11.3. The molecule has 0 amide bonds. The third kappa shape index (κ3) is 5.57. The molecule has 3 N–H and O–H groups in total. The molecule has 214 valence electrons. The number of nitrogens with zero attached hydrogens (tertiary/aromatic N) is 4. The maximum Gasteiger partial charge on any atom is 0.166 e. The van der Waals surface area contributed by atoms with Crippen molar-refractivity contribution < 1.29 is 9.13 Å². The number of anilines is 1. The van der Waals surface area contributed by atoms with Gasteiger partial charge >= 0.3 is 0 Å². The van der Waals surface area contributed by atoms with Crippen molar-refractivity contribution in [3.63, 3.8) is 0 Å². The smallest absolute Gasteiger partial charge is 0.166 e. The minimum atomic E-state index is -0.415. The van der Waals surface area contributed by atoms with Gasteiger partial charge in [-0.05, 0) is 49.9 Å². The summed E-state index contributed by atoms with van der Waals surface area (Å²) in [7, 11) is 0. The molecule has 3 aromatic heterocycles. The molecular weight excluding hydrogens is 597 g/mol. The van der Waals surface area contributed by atoms with Crippen molar-refractivity contribution in [2.24, 2.45) is 11.7 Å². The Morgan fingerprint density at radius 1 is 1.18 bits per heavy atom. The first-order chi connectivity index (χ1) is 18.3. The maximum atomic E-state index is 15.5. The van der Waals surface area contributed by atoms with Crippen molar-refractivity contribution in [2.75, 3.05) is 11.4 Å². The highest BCUT2D eigenvalue weighted by Gasteiger charge is 2.51. The summed E-state index contributed by atoms with van der Waals surface area (Å²) < 4.78 is 21.6. The zero-order valence-corrected chi connectivity index (χ0v) is 25.2. The number of ether oxygens (including phenoxy) is 1. The molecule has 4 aromatic rings. The summed E-state index contributed by atoms with van der Waals surface area (Å²) >= 11 is 12.6. The van der Waals surface area contributed by atoms with Crippen molar-refractivity contribution >= 4 is 64.7 Å². The number of hydrogen-bond acceptors (Lipinski definition) is 6. The van der Waals surface area contributed by atoms with E-state index in [-0.39, 0.29) is 42.2 Å². The molecule has 40 heavy (non-hydrogen) atoms. The van der Waals surface area contributed by atoms with Crippen molar-refractivity contribution in [3.05, 3.63) is 64.3 Å². The van der Waals surface area contributed by atoms with Crippen LogP contribution >= 0.6 is 48.0 Å². The lowest BCUT2D eigenvalue weighted by Gasteiger charge is -2.56. The van der Waals surface area contributed by atoms with E-state index in [1.54, 1.807) is 6.20 Å². The molecule has 1 aromatic carbocycles. The van der Waals surface area contributed by atoms with Gasteiger partial charge in [-0.3, -0.25) is 10.1 Å². The van der Waals surface area contributed by atoms with E-state index >= 15 is 4.39 Å². The fourth-order valence-electron chi connectivity index (χ4n) is 5.46. The molecule has 7 nitrogen and oxygen atoms in total. The Bertz CT molecular complexity index is 1500. The van der Waals surface area contributed by atoms with Gasteiger partial charge in [0.25, 0.3) is 0 Å². The van der Waals surface area contributed by atoms with E-state index in [0.717, 1.165) is 23.7 Å². The number of benzene rings is 1. The largest absolute Gasteiger partial charge is 0.486 e. The van der Waals surface area contributed by atoms with Gasteiger partial charge in [-0.25, -0.2) is 9.37 Å². The average molecular weight is 628 g/mol. The van der Waals surface area contributed by atoms with E-state index in [0.29, 0.717) is 50.9 Å². The zero-order valence-electron chi connectivity index (χ0n) is 22.0. The highest BCUT2D eigenvalue weighted by molar-refractivity contribution is 6.35. The van der Waals surface area contributed by atoms with Gasteiger partial charge in [0.2, 0.25) is 0 Å². The summed E-state index contributed by atoms with van der Waals surface area (Å²) in [6.07, 6.45) is 8.66. The van der Waals surface area contributed by atoms with Crippen LogP contribution in [0.3, 0.4) is 0 Å². The van der Waals surface area contributed by atoms with Crippen LogP contribution in [0.15, 0.2) is 42.9 Å². The lowest BCUT2D eigenvalue weighted by atomic mass is 9.76. The molecule has 3 atom stereocenters. The Morgan fingerprint density at radius 3 is 2.55 bits per heavy atom. The maximum absolute atomic E-state index is 15.5. The van der Waals surface area contributed by atoms with Crippen LogP contribution in [-0.4, -0.2) is 38.3 Å². The van der Waals surface area contributed by atoms with E-state index in [4.69, 9.17) is 33.7 Å². The van der Waals surface area contributed by atoms with Gasteiger partial charge in [0.05, 0.1) is 27.1 Å². The van der Waals surface area contributed by atoms with Crippen LogP contribution < -0.4 is 15.4 Å². The third-order valence-corrected chi connectivity index (χ3v) is 8.53. The fraction of sp³-hybridized carbons (Fsp3) is 0.393. The SMILES string of the molecule is CCC1(N)CN(c2ncc(-c3n[nH]c4ccc(O[C@H](C)c5c(Cl)cncc5Cl)cc34)cc2F)C1CC1CC1.Cl.Cl. The van der Waals surface area contributed by atoms with Gasteiger partial charge in [0, 0.05) is 41.6 Å². The van der Waals surface area contributed by atoms with Gasteiger partial charge in [-0.15, -0.1) is 24.8 Å². The summed E-state index contributed by atoms with van der Waals surface area (Å²) in [5.41, 5.74) is 8.98. The molecule has 0 spiro atoms. The van der Waals surface area contributed by atoms with Crippen LogP contribution in [0.5, 0.6) is 5.75 Å². The summed E-state index contributed by atoms with van der Waals surface area (Å²) in [6, 6.07) is 7.19. The number of fused-ring (bicyclic) bond motifs is 1. The number of pyridine rings is 2. The van der Waals surface area contributed by atoms with Crippen molar-refractivity contribution in [2.45, 2.75) is 57.2 Å². The Labute approximate surface area is 254 Å². The first-order valence-corrected chi connectivity index (χ1v) is 13.7. The molecule has 6 rings (SSSR count). The average Bonchev–Trinajstić information content (AvgIpc) is 3.63. The quantitative estimate of drug-likeness (QED) is 0.210. The lowest BCUT2D eigenvalue weighted by Crippen LogP contribution is -2.74. The summed E-state index contributed by atoms with van der Waals surface area (Å²) in [5.74, 6) is 1.28. The zero-order chi connectivity index (χ0) is 26.6. The number of aromatic nitrogens is 4. The normalized spacial score (nSPS) is 20.9. The Morgan fingerprint density at radius 2 is 1.90 bits per heavy atom. The fourth-order valence-corrected chi connectivity index (χ4v) is 6.13. The molecule has 1 saturated carbocycles. The predicted octanol–water partition coefficient (Wildman–Crippen LogP) is 7.55. The number of hydrogen-bond donors (Lipinski definition) is 2. The number of nitrogens with two attached hydrogens (primary N) is 1. The van der Waals surface area contributed by atoms with Crippen molar-refractivity contribution in [3.8, 4) is 17.0 Å². The highest BCUT2D eigenvalue weighted by Crippen LogP contribution is 2.44. The standard InChI is InChI=1S/C28H29Cl2FN6O.2ClH/c1-3-28(32)14-37(24(28)8-16-4-5-16)27-22(31)9-17(11-34-27)26-19-10-18(6-7-23(19)35-36-26)38-15(2)25-20(29)12-33-13-21(25)30;;/h6-7,9-13,15-16,24H,3-5,8,14,32H2,1-2H3,(H,35,36);2*1H/t15-,24?,28?;;/m1../s1. The second kappa shape index (κ2) is 11.9. The Hall–Kier alpha value is -2.36. The molecule has 1 saturated heterocycles. The minimum Gasteiger partial charge on any atom is -0.486 e. The number of halogens is 5. The topological polar surface area (TPSA) is 93.0 Å². The molecular formula is C28H31Cl4FN6O. The van der Waals surface area contributed by atoms with E-state index in [1.807, 2.05) is 30.0 Å². The lowest BCUT2D eigenvalue weighted by molar-refractivity contribution is 0.204. The van der Waals surface area contributed by atoms with Gasteiger partial charge < -0.3 is 15.4 Å². The van der Waals surface area contributed by atoms with Crippen LogP contribution in [0.4, 0.5) is 10.2 Å². The second-order valence-electron chi connectivity index (χ2n) is 10.5. The van der Waals surface area contributed by atoms with E-state index < -0.39 is 6.10 Å². The molecule has 1 aliphatic carbocycles. The molecule has 2 unspecified atom stereocenters. The van der Waals surface area contributed by atoms with E-state index in [2.05, 4.69) is 27.1 Å². The summed E-state index contributed by atoms with van der Waals surface area (Å²) in [5, 5.41) is 9.13. The Balaban J connectivity index is 0.00000185. The molecule has 1 aliphatic heterocycles. The summed E-state index contributed by atoms with van der Waals surface area (Å²) in [6.45, 7) is 4.58. The van der Waals surface area contributed by atoms with Gasteiger partial charge in [-0.1, -0.05) is 43.0 Å². The first-order valence-electron chi connectivity index (χ1n) is 12.9. The molecule has 0 radical (unpaired) electrons. The molecule has 2 aliphatic rings. The number of rotatable bonds is 8. The monoisotopic (exact) mass is 626 g/mol. The van der Waals surface area contributed by atoms with Gasteiger partial charge in [-0.2, -0.15) is 5.10 Å². The van der Waals surface area contributed by atoms with Crippen LogP contribution in [0.25, 0.3) is 22.2 Å². The molecule has 2 fully saturated rings. The third-order valence-electron chi connectivity index (χ3n) is 7.93. The summed E-state index contributed by atoms with van der Waals surface area (Å²) in [4.78, 5) is 10.6. The first kappa shape index (κ1) is 30.6. The molecule has 0 bridgehead atoms. The van der Waals surface area contributed by atoms with Crippen LogP contribution in [-0.2, 0) is 0 Å². The predicted molar refractivity (Wildman–Crippen MR) is 163 cm³/mol. The van der Waals surface area contributed by atoms with E-state index in [9.17, 15) is 0 Å². The number of nitrogens with one attached hydrogen (secondary N) is 1. The van der Waals surface area contributed by atoms with Gasteiger partial charge in [0.15, 0.2) is 11.6 Å². The van der Waals surface area contributed by atoms with E-state index in [1.165, 1.54) is 31.3 Å². The van der Waals surface area contributed by atoms with Gasteiger partial charge in [0.1, 0.15) is 17.5 Å². The van der Waals surface area contributed by atoms with Crippen LogP contribution in [0.1, 0.15) is 51.2 Å². The number of H-pyrrole nitrogens is 1. The molecule has 4 heterocycles. The minimum absolute atomic E-state index is 0.